The number of nitrogens with one attached hydrogen (secondary N) is 1. The van der Waals surface area contributed by atoms with Crippen molar-refractivity contribution in [1.82, 2.24) is 5.32 Å². The van der Waals surface area contributed by atoms with Crippen LogP contribution in [0.2, 0.25) is 10.0 Å². The van der Waals surface area contributed by atoms with Gasteiger partial charge in [0.15, 0.2) is 11.5 Å². The van der Waals surface area contributed by atoms with Crippen LogP contribution >= 0.6 is 35.6 Å². The highest BCUT2D eigenvalue weighted by Crippen LogP contribution is 2.30. The summed E-state index contributed by atoms with van der Waals surface area (Å²) in [4.78, 5) is 0. The first-order valence-corrected chi connectivity index (χ1v) is 10.5. The molecule has 1 N–H and O–H groups in total. The van der Waals surface area contributed by atoms with E-state index in [0.717, 1.165) is 47.2 Å². The molecule has 0 amide bonds. The van der Waals surface area contributed by atoms with E-state index in [0.29, 0.717) is 18.2 Å². The van der Waals surface area contributed by atoms with Crippen LogP contribution in [-0.2, 0) is 19.6 Å². The van der Waals surface area contributed by atoms with Gasteiger partial charge in [0, 0.05) is 22.2 Å². The van der Waals surface area contributed by atoms with Gasteiger partial charge in [-0.15, -0.1) is 12.4 Å². The van der Waals surface area contributed by atoms with Crippen LogP contribution in [0, 0.1) is 0 Å². The third-order valence-corrected chi connectivity index (χ3v) is 5.10. The quantitative estimate of drug-likeness (QED) is 0.336. The third kappa shape index (κ3) is 7.41. The zero-order valence-electron chi connectivity index (χ0n) is 16.9. The van der Waals surface area contributed by atoms with E-state index in [9.17, 15) is 0 Å². The summed E-state index contributed by atoms with van der Waals surface area (Å²) in [7, 11) is 0. The van der Waals surface area contributed by atoms with Crippen LogP contribution in [0.15, 0.2) is 66.7 Å². The predicted octanol–water partition coefficient (Wildman–Crippen LogP) is 6.73. The van der Waals surface area contributed by atoms with Gasteiger partial charge in [-0.05, 0) is 61.3 Å². The van der Waals surface area contributed by atoms with E-state index < -0.39 is 0 Å². The molecule has 0 heterocycles. The molecule has 3 aromatic rings. The Hall–Kier alpha value is -1.91. The summed E-state index contributed by atoms with van der Waals surface area (Å²) in [6.45, 7) is 4.60. The van der Waals surface area contributed by atoms with Gasteiger partial charge in [-0.2, -0.15) is 0 Å². The van der Waals surface area contributed by atoms with Gasteiger partial charge in [0.05, 0.1) is 6.61 Å². The topological polar surface area (TPSA) is 30.5 Å². The van der Waals surface area contributed by atoms with Gasteiger partial charge in [-0.1, -0.05) is 59.6 Å². The number of hydrogen-bond acceptors (Lipinski definition) is 3. The molecule has 0 aliphatic rings. The van der Waals surface area contributed by atoms with Gasteiger partial charge < -0.3 is 14.8 Å². The van der Waals surface area contributed by atoms with Crippen molar-refractivity contribution in [3.8, 4) is 11.5 Å². The largest absolute Gasteiger partial charge is 0.490 e. The first kappa shape index (κ1) is 24.4. The lowest BCUT2D eigenvalue weighted by Gasteiger charge is -2.14. The molecular formula is C24H26Cl3NO2. The maximum Gasteiger partial charge on any atom is 0.161 e. The second kappa shape index (κ2) is 12.7. The molecule has 0 aliphatic carbocycles. The maximum absolute atomic E-state index is 6.21. The van der Waals surface area contributed by atoms with Crippen LogP contribution in [0.25, 0.3) is 0 Å². The Balaban J connectivity index is 0.00000320. The SMILES string of the molecule is CCOc1cc(CNCCc2ccc(Cl)cc2)ccc1OCc1ccccc1Cl.Cl. The van der Waals surface area contributed by atoms with Crippen LogP contribution in [0.4, 0.5) is 0 Å². The highest BCUT2D eigenvalue weighted by atomic mass is 35.5. The molecule has 0 radical (unpaired) electrons. The van der Waals surface area contributed by atoms with Crippen molar-refractivity contribution >= 4 is 35.6 Å². The molecule has 30 heavy (non-hydrogen) atoms. The molecule has 0 unspecified atom stereocenters. The Labute approximate surface area is 194 Å². The summed E-state index contributed by atoms with van der Waals surface area (Å²) in [6, 6.07) is 21.7. The maximum atomic E-state index is 6.21. The summed E-state index contributed by atoms with van der Waals surface area (Å²) in [5.41, 5.74) is 3.36. The van der Waals surface area contributed by atoms with E-state index in [-0.39, 0.29) is 12.4 Å². The second-order valence-corrected chi connectivity index (χ2v) is 7.49. The summed E-state index contributed by atoms with van der Waals surface area (Å²) < 4.78 is 11.7. The van der Waals surface area contributed by atoms with E-state index in [1.165, 1.54) is 5.56 Å². The summed E-state index contributed by atoms with van der Waals surface area (Å²) in [5.74, 6) is 1.47. The van der Waals surface area contributed by atoms with Crippen molar-refractivity contribution in [2.24, 2.45) is 0 Å². The molecule has 0 fully saturated rings. The molecular weight excluding hydrogens is 441 g/mol. The molecule has 3 rings (SSSR count). The van der Waals surface area contributed by atoms with E-state index in [1.807, 2.05) is 55.5 Å². The average molecular weight is 467 g/mol. The highest BCUT2D eigenvalue weighted by molar-refractivity contribution is 6.31. The molecule has 160 valence electrons. The first-order valence-electron chi connectivity index (χ1n) is 9.73. The molecule has 0 saturated carbocycles. The molecule has 3 nitrogen and oxygen atoms in total. The van der Waals surface area contributed by atoms with E-state index >= 15 is 0 Å². The molecule has 0 spiro atoms. The van der Waals surface area contributed by atoms with Gasteiger partial charge in [-0.3, -0.25) is 0 Å². The number of benzene rings is 3. The van der Waals surface area contributed by atoms with Crippen LogP contribution in [0.5, 0.6) is 11.5 Å². The smallest absolute Gasteiger partial charge is 0.161 e. The van der Waals surface area contributed by atoms with Gasteiger partial charge in [-0.25, -0.2) is 0 Å². The first-order chi connectivity index (χ1) is 14.2. The van der Waals surface area contributed by atoms with Crippen molar-refractivity contribution in [2.45, 2.75) is 26.5 Å². The lowest BCUT2D eigenvalue weighted by Crippen LogP contribution is -2.16. The minimum absolute atomic E-state index is 0. The van der Waals surface area contributed by atoms with Crippen molar-refractivity contribution in [3.63, 3.8) is 0 Å². The van der Waals surface area contributed by atoms with Crippen LogP contribution < -0.4 is 14.8 Å². The van der Waals surface area contributed by atoms with Gasteiger partial charge in [0.1, 0.15) is 6.61 Å². The van der Waals surface area contributed by atoms with Crippen molar-refractivity contribution in [3.05, 3.63) is 93.5 Å². The third-order valence-electron chi connectivity index (χ3n) is 4.48. The standard InChI is InChI=1S/C24H25Cl2NO2.ClH/c1-2-28-24-15-19(16-27-14-13-18-7-10-21(25)11-8-18)9-12-23(24)29-17-20-5-3-4-6-22(20)26;/h3-12,15,27H,2,13-14,16-17H2,1H3;1H. The van der Waals surface area contributed by atoms with E-state index in [1.54, 1.807) is 0 Å². The van der Waals surface area contributed by atoms with E-state index in [4.69, 9.17) is 32.7 Å². The molecule has 0 atom stereocenters. The summed E-state index contributed by atoms with van der Waals surface area (Å²) in [5, 5.41) is 4.94. The fourth-order valence-electron chi connectivity index (χ4n) is 2.94. The van der Waals surface area contributed by atoms with Crippen molar-refractivity contribution in [2.75, 3.05) is 13.2 Å². The van der Waals surface area contributed by atoms with Crippen LogP contribution in [0.3, 0.4) is 0 Å². The zero-order chi connectivity index (χ0) is 20.5. The molecule has 0 aromatic heterocycles. The summed E-state index contributed by atoms with van der Waals surface area (Å²) >= 11 is 12.1. The van der Waals surface area contributed by atoms with Gasteiger partial charge >= 0.3 is 0 Å². The Bertz CT molecular complexity index is 917. The molecule has 6 heteroatoms. The van der Waals surface area contributed by atoms with E-state index in [2.05, 4.69) is 23.5 Å². The Kier molecular flexibility index (Phi) is 10.3. The summed E-state index contributed by atoms with van der Waals surface area (Å²) in [6.07, 6.45) is 0.953. The van der Waals surface area contributed by atoms with Crippen LogP contribution in [0.1, 0.15) is 23.6 Å². The Morgan fingerprint density at radius 3 is 2.30 bits per heavy atom. The molecule has 0 aliphatic heterocycles. The Morgan fingerprint density at radius 1 is 0.833 bits per heavy atom. The lowest BCUT2D eigenvalue weighted by molar-refractivity contribution is 0.269. The fraction of sp³-hybridized carbons (Fsp3) is 0.250. The minimum Gasteiger partial charge on any atom is -0.490 e. The highest BCUT2D eigenvalue weighted by Gasteiger charge is 2.08. The predicted molar refractivity (Wildman–Crippen MR) is 128 cm³/mol. The normalized spacial score (nSPS) is 10.4. The zero-order valence-corrected chi connectivity index (χ0v) is 19.2. The minimum atomic E-state index is 0. The molecule has 0 saturated heterocycles. The molecule has 3 aromatic carbocycles. The van der Waals surface area contributed by atoms with Crippen molar-refractivity contribution in [1.29, 1.82) is 0 Å². The number of rotatable bonds is 10. The molecule has 0 bridgehead atoms. The van der Waals surface area contributed by atoms with Crippen molar-refractivity contribution < 1.29 is 9.47 Å². The monoisotopic (exact) mass is 465 g/mol. The van der Waals surface area contributed by atoms with Gasteiger partial charge in [0.2, 0.25) is 0 Å². The number of hydrogen-bond donors (Lipinski definition) is 1. The second-order valence-electron chi connectivity index (χ2n) is 6.65. The lowest BCUT2D eigenvalue weighted by atomic mass is 10.1. The Morgan fingerprint density at radius 2 is 1.57 bits per heavy atom. The fourth-order valence-corrected chi connectivity index (χ4v) is 3.25. The van der Waals surface area contributed by atoms with Crippen LogP contribution in [-0.4, -0.2) is 13.2 Å². The average Bonchev–Trinajstić information content (AvgIpc) is 2.73. The number of ether oxygens (including phenoxy) is 2. The van der Waals surface area contributed by atoms with Gasteiger partial charge in [0.25, 0.3) is 0 Å². The number of halogens is 3.